The lowest BCUT2D eigenvalue weighted by atomic mass is 10.3. The van der Waals surface area contributed by atoms with Crippen LogP contribution in [0.25, 0.3) is 6.08 Å². The quantitative estimate of drug-likeness (QED) is 0.849. The number of carbonyl (C=O) groups is 1. The summed E-state index contributed by atoms with van der Waals surface area (Å²) in [6.07, 6.45) is 4.03. The van der Waals surface area contributed by atoms with Crippen LogP contribution < -0.4 is 4.74 Å². The molecule has 0 saturated carbocycles. The van der Waals surface area contributed by atoms with Gasteiger partial charge < -0.3 is 9.84 Å². The van der Waals surface area contributed by atoms with Crippen molar-refractivity contribution in [3.8, 4) is 5.75 Å². The minimum atomic E-state index is -0.999. The van der Waals surface area contributed by atoms with Crippen LogP contribution in [-0.4, -0.2) is 21.0 Å². The summed E-state index contributed by atoms with van der Waals surface area (Å²) in [6, 6.07) is 3.44. The van der Waals surface area contributed by atoms with E-state index in [1.54, 1.807) is 29.7 Å². The van der Waals surface area contributed by atoms with Gasteiger partial charge in [0.05, 0.1) is 11.9 Å². The molecule has 0 aliphatic heterocycles. The number of pyridine rings is 1. The first-order chi connectivity index (χ1) is 9.13. The number of aliphatic carboxylic acids is 1. The van der Waals surface area contributed by atoms with E-state index in [-0.39, 0.29) is 0 Å². The smallest absolute Gasteiger partial charge is 0.328 e. The average Bonchev–Trinajstić information content (AvgIpc) is 2.81. The van der Waals surface area contributed by atoms with Crippen molar-refractivity contribution in [2.24, 2.45) is 0 Å². The van der Waals surface area contributed by atoms with Crippen LogP contribution >= 0.6 is 11.3 Å². The van der Waals surface area contributed by atoms with Crippen molar-refractivity contribution in [2.45, 2.75) is 13.5 Å². The second kappa shape index (κ2) is 6.10. The van der Waals surface area contributed by atoms with E-state index in [0.29, 0.717) is 18.1 Å². The van der Waals surface area contributed by atoms with E-state index in [0.717, 1.165) is 16.8 Å². The molecular formula is C13H12N2O3S. The van der Waals surface area contributed by atoms with E-state index in [1.165, 1.54) is 6.08 Å². The van der Waals surface area contributed by atoms with E-state index in [1.807, 2.05) is 12.3 Å². The van der Waals surface area contributed by atoms with Gasteiger partial charge in [0.2, 0.25) is 0 Å². The maximum Gasteiger partial charge on any atom is 0.328 e. The predicted octanol–water partition coefficient (Wildman–Crippen LogP) is 2.52. The van der Waals surface area contributed by atoms with Gasteiger partial charge >= 0.3 is 5.97 Å². The molecule has 0 bridgehead atoms. The molecule has 0 unspecified atom stereocenters. The van der Waals surface area contributed by atoms with Crippen molar-refractivity contribution in [1.82, 2.24) is 9.97 Å². The minimum Gasteiger partial charge on any atom is -0.485 e. The van der Waals surface area contributed by atoms with Gasteiger partial charge in [-0.3, -0.25) is 4.98 Å². The summed E-state index contributed by atoms with van der Waals surface area (Å²) in [4.78, 5) is 18.7. The number of nitrogens with zero attached hydrogens (tertiary/aromatic N) is 2. The second-order valence-corrected chi connectivity index (χ2v) is 4.70. The van der Waals surface area contributed by atoms with Crippen LogP contribution in [-0.2, 0) is 11.4 Å². The van der Waals surface area contributed by atoms with Crippen molar-refractivity contribution in [3.63, 3.8) is 0 Å². The fourth-order valence-corrected chi connectivity index (χ4v) is 2.03. The highest BCUT2D eigenvalue weighted by Crippen LogP contribution is 2.14. The maximum atomic E-state index is 10.4. The lowest BCUT2D eigenvalue weighted by Gasteiger charge is -2.03. The first-order valence-corrected chi connectivity index (χ1v) is 6.42. The molecular weight excluding hydrogens is 264 g/mol. The Morgan fingerprint density at radius 1 is 1.53 bits per heavy atom. The number of carboxylic acids is 1. The Morgan fingerprint density at radius 2 is 2.37 bits per heavy atom. The highest BCUT2D eigenvalue weighted by molar-refractivity contribution is 7.09. The molecule has 19 heavy (non-hydrogen) atoms. The highest BCUT2D eigenvalue weighted by atomic mass is 32.1. The first-order valence-electron chi connectivity index (χ1n) is 5.54. The van der Waals surface area contributed by atoms with Crippen molar-refractivity contribution >= 4 is 23.4 Å². The number of aromatic nitrogens is 2. The van der Waals surface area contributed by atoms with Crippen LogP contribution in [0.1, 0.15) is 16.4 Å². The summed E-state index contributed by atoms with van der Waals surface area (Å²) < 4.78 is 5.53. The molecule has 0 aromatic carbocycles. The number of thiazole rings is 1. The minimum absolute atomic E-state index is 0.407. The average molecular weight is 276 g/mol. The molecule has 2 aromatic rings. The molecule has 2 rings (SSSR count). The molecule has 1 N–H and O–H groups in total. The Labute approximate surface area is 114 Å². The Kier molecular flexibility index (Phi) is 4.25. The molecule has 0 atom stereocenters. The summed E-state index contributed by atoms with van der Waals surface area (Å²) in [6.45, 7) is 2.34. The van der Waals surface area contributed by atoms with Crippen molar-refractivity contribution in [2.75, 3.05) is 0 Å². The van der Waals surface area contributed by atoms with Gasteiger partial charge in [-0.2, -0.15) is 0 Å². The first kappa shape index (κ1) is 13.2. The molecule has 0 spiro atoms. The Hall–Kier alpha value is -2.21. The van der Waals surface area contributed by atoms with Gasteiger partial charge in [-0.1, -0.05) is 0 Å². The number of ether oxygens (including phenoxy) is 1. The van der Waals surface area contributed by atoms with E-state index in [2.05, 4.69) is 9.97 Å². The zero-order valence-electron chi connectivity index (χ0n) is 10.2. The third-order valence-corrected chi connectivity index (χ3v) is 3.12. The Morgan fingerprint density at radius 3 is 2.95 bits per heavy atom. The molecule has 0 fully saturated rings. The van der Waals surface area contributed by atoms with Crippen molar-refractivity contribution in [1.29, 1.82) is 0 Å². The van der Waals surface area contributed by atoms with Gasteiger partial charge in [0.15, 0.2) is 0 Å². The highest BCUT2D eigenvalue weighted by Gasteiger charge is 2.00. The number of aryl methyl sites for hydroxylation is 1. The molecule has 0 radical (unpaired) electrons. The van der Waals surface area contributed by atoms with Crippen molar-refractivity contribution in [3.05, 3.63) is 46.2 Å². The summed E-state index contributed by atoms with van der Waals surface area (Å²) in [5.74, 6) is -0.374. The molecule has 0 aliphatic rings. The van der Waals surface area contributed by atoms with Gasteiger partial charge in [0.1, 0.15) is 17.4 Å². The number of hydrogen-bond acceptors (Lipinski definition) is 5. The third kappa shape index (κ3) is 4.18. The summed E-state index contributed by atoms with van der Waals surface area (Å²) in [7, 11) is 0. The molecule has 0 amide bonds. The van der Waals surface area contributed by atoms with Gasteiger partial charge in [-0.15, -0.1) is 11.3 Å². The maximum absolute atomic E-state index is 10.4. The molecule has 0 saturated heterocycles. The zero-order chi connectivity index (χ0) is 13.7. The number of rotatable bonds is 5. The summed E-state index contributed by atoms with van der Waals surface area (Å²) in [5.41, 5.74) is 1.55. The molecule has 98 valence electrons. The molecule has 6 heteroatoms. The molecule has 2 aromatic heterocycles. The molecule has 5 nitrogen and oxygen atoms in total. The van der Waals surface area contributed by atoms with Crippen LogP contribution in [0.5, 0.6) is 5.75 Å². The van der Waals surface area contributed by atoms with Crippen LogP contribution in [0.15, 0.2) is 29.8 Å². The largest absolute Gasteiger partial charge is 0.485 e. The predicted molar refractivity (Wildman–Crippen MR) is 72.1 cm³/mol. The normalized spacial score (nSPS) is 10.8. The zero-order valence-corrected chi connectivity index (χ0v) is 11.1. The lowest BCUT2D eigenvalue weighted by molar-refractivity contribution is -0.131. The van der Waals surface area contributed by atoms with Crippen LogP contribution in [0.2, 0.25) is 0 Å². The van der Waals surface area contributed by atoms with Crippen LogP contribution in [0.4, 0.5) is 0 Å². The van der Waals surface area contributed by atoms with Gasteiger partial charge in [0, 0.05) is 17.2 Å². The molecule has 0 aliphatic carbocycles. The second-order valence-electron chi connectivity index (χ2n) is 3.76. The van der Waals surface area contributed by atoms with Gasteiger partial charge in [-0.05, 0) is 25.1 Å². The standard InChI is InChI=1S/C13H12N2O3S/c1-9-8-19-12(15-9)7-18-11-4-2-10(14-6-11)3-5-13(16)17/h2-6,8H,7H2,1H3,(H,16,17). The monoisotopic (exact) mass is 276 g/mol. The van der Waals surface area contributed by atoms with Gasteiger partial charge in [-0.25, -0.2) is 9.78 Å². The summed E-state index contributed by atoms with van der Waals surface area (Å²) >= 11 is 1.55. The van der Waals surface area contributed by atoms with E-state index in [9.17, 15) is 4.79 Å². The van der Waals surface area contributed by atoms with E-state index in [4.69, 9.17) is 9.84 Å². The number of hydrogen-bond donors (Lipinski definition) is 1. The van der Waals surface area contributed by atoms with E-state index >= 15 is 0 Å². The fraction of sp³-hybridized carbons (Fsp3) is 0.154. The fourth-order valence-electron chi connectivity index (χ4n) is 1.35. The lowest BCUT2D eigenvalue weighted by Crippen LogP contribution is -1.95. The Bertz CT molecular complexity index is 590. The van der Waals surface area contributed by atoms with Crippen LogP contribution in [0.3, 0.4) is 0 Å². The van der Waals surface area contributed by atoms with Crippen LogP contribution in [0, 0.1) is 6.92 Å². The Balaban J connectivity index is 1.93. The third-order valence-electron chi connectivity index (χ3n) is 2.18. The topological polar surface area (TPSA) is 72.3 Å². The summed E-state index contributed by atoms with van der Waals surface area (Å²) in [5, 5.41) is 11.4. The van der Waals surface area contributed by atoms with Gasteiger partial charge in [0.25, 0.3) is 0 Å². The molecule has 2 heterocycles. The number of carboxylic acid groups (broad SMARTS) is 1. The SMILES string of the molecule is Cc1csc(COc2ccc(C=CC(=O)O)nc2)n1. The van der Waals surface area contributed by atoms with Crippen molar-refractivity contribution < 1.29 is 14.6 Å². The van der Waals surface area contributed by atoms with E-state index < -0.39 is 5.97 Å².